The van der Waals surface area contributed by atoms with Gasteiger partial charge in [-0.25, -0.2) is 0 Å². The van der Waals surface area contributed by atoms with Gasteiger partial charge in [-0.2, -0.15) is 0 Å². The Morgan fingerprint density at radius 1 is 1.35 bits per heavy atom. The van der Waals surface area contributed by atoms with Gasteiger partial charge in [-0.1, -0.05) is 70.0 Å². The summed E-state index contributed by atoms with van der Waals surface area (Å²) in [6.07, 6.45) is 2.63. The molecule has 0 amide bonds. The van der Waals surface area contributed by atoms with Crippen LogP contribution in [0.3, 0.4) is 0 Å². The number of hydrogen-bond acceptors (Lipinski definition) is 1. The molecule has 1 fully saturated rings. The van der Waals surface area contributed by atoms with Crippen LogP contribution in [-0.4, -0.2) is 32.8 Å². The number of hydrogen-bond donors (Lipinski definition) is 0. The second-order valence-electron chi connectivity index (χ2n) is 6.89. The fraction of sp³-hybridized carbons (Fsp3) is 0.625. The third kappa shape index (κ3) is 3.53. The molecule has 1 aromatic carbocycles. The van der Waals surface area contributed by atoms with Crippen molar-refractivity contribution in [2.75, 3.05) is 6.61 Å². The minimum absolute atomic E-state index is 0.0709. The van der Waals surface area contributed by atoms with Crippen molar-refractivity contribution in [3.05, 3.63) is 29.8 Å². The van der Waals surface area contributed by atoms with Gasteiger partial charge in [0, 0.05) is 15.2 Å². The van der Waals surface area contributed by atoms with E-state index in [0.29, 0.717) is 5.41 Å². The molecule has 2 atom stereocenters. The maximum atomic E-state index is 5.77. The van der Waals surface area contributed by atoms with E-state index in [1.165, 1.54) is 18.9 Å². The van der Waals surface area contributed by atoms with Crippen LogP contribution < -0.4 is 5.19 Å². The third-order valence-electron chi connectivity index (χ3n) is 5.27. The Kier molecular flexibility index (Phi) is 5.84. The molecule has 1 nitrogen and oxygen atoms in total. The molecule has 0 saturated carbocycles. The van der Waals surface area contributed by atoms with Crippen molar-refractivity contribution in [2.45, 2.75) is 52.0 Å². The van der Waals surface area contributed by atoms with E-state index in [-0.39, 0.29) is 17.8 Å². The molecule has 1 aliphatic rings. The monoisotopic (exact) mass is 322 g/mol. The van der Waals surface area contributed by atoms with Crippen molar-refractivity contribution in [2.24, 2.45) is 5.92 Å². The van der Waals surface area contributed by atoms with Crippen LogP contribution in [-0.2, 0) is 9.84 Å². The standard InChI is InChI=1S/C16H30OSi3/c1-5-8-13(2)16(3,4)14-9-6-7-10-15(14)20-12-11-17-18-19-20/h6-7,9-10,13,20H,5,8,11-12,18-19H2,1-4H3. The van der Waals surface area contributed by atoms with Gasteiger partial charge < -0.3 is 4.43 Å². The van der Waals surface area contributed by atoms with Crippen molar-refractivity contribution in [3.8, 4) is 0 Å². The van der Waals surface area contributed by atoms with Gasteiger partial charge in [-0.15, -0.1) is 0 Å². The Morgan fingerprint density at radius 2 is 2.10 bits per heavy atom. The first-order valence-electron chi connectivity index (χ1n) is 8.24. The van der Waals surface area contributed by atoms with Crippen LogP contribution >= 0.6 is 0 Å². The molecule has 2 unspecified atom stereocenters. The maximum absolute atomic E-state index is 5.77. The summed E-state index contributed by atoms with van der Waals surface area (Å²) in [6.45, 7) is 10.8. The van der Waals surface area contributed by atoms with Gasteiger partial charge in [0.05, 0.1) is 8.31 Å². The Balaban J connectivity index is 2.30. The molecule has 1 heterocycles. The molecule has 1 saturated heterocycles. The van der Waals surface area contributed by atoms with E-state index in [4.69, 9.17) is 4.43 Å². The van der Waals surface area contributed by atoms with Crippen molar-refractivity contribution in [3.63, 3.8) is 0 Å². The molecule has 0 N–H and O–H groups in total. The molecular weight excluding hydrogens is 292 g/mol. The number of benzene rings is 1. The topological polar surface area (TPSA) is 9.23 Å². The van der Waals surface area contributed by atoms with E-state index in [1.54, 1.807) is 5.56 Å². The molecule has 4 heteroatoms. The number of rotatable bonds is 5. The van der Waals surface area contributed by atoms with Crippen LogP contribution in [0.15, 0.2) is 24.3 Å². The highest BCUT2D eigenvalue weighted by atomic mass is 29.5. The van der Waals surface area contributed by atoms with Crippen LogP contribution in [0.25, 0.3) is 0 Å². The second-order valence-corrected chi connectivity index (χ2v) is 22.0. The zero-order valence-electron chi connectivity index (χ0n) is 13.6. The lowest BCUT2D eigenvalue weighted by atomic mass is 9.72. The van der Waals surface area contributed by atoms with Crippen LogP contribution in [0.5, 0.6) is 0 Å². The molecule has 2 rings (SSSR count). The van der Waals surface area contributed by atoms with E-state index in [1.807, 2.05) is 5.19 Å². The minimum atomic E-state index is -0.609. The van der Waals surface area contributed by atoms with Crippen molar-refractivity contribution in [1.29, 1.82) is 0 Å². The third-order valence-corrected chi connectivity index (χ3v) is 23.7. The summed E-state index contributed by atoms with van der Waals surface area (Å²) in [6, 6.07) is 10.8. The van der Waals surface area contributed by atoms with Crippen LogP contribution in [0.1, 0.15) is 46.1 Å². The summed E-state index contributed by atoms with van der Waals surface area (Å²) in [5.74, 6) is 0.765. The zero-order valence-corrected chi connectivity index (χ0v) is 17.6. The quantitative estimate of drug-likeness (QED) is 0.747. The second kappa shape index (κ2) is 7.20. The lowest BCUT2D eigenvalue weighted by Gasteiger charge is -2.36. The molecule has 0 bridgehead atoms. The highest BCUT2D eigenvalue weighted by Gasteiger charge is 2.32. The van der Waals surface area contributed by atoms with Crippen molar-refractivity contribution in [1.82, 2.24) is 0 Å². The van der Waals surface area contributed by atoms with E-state index in [2.05, 4.69) is 52.0 Å². The van der Waals surface area contributed by atoms with Gasteiger partial charge >= 0.3 is 0 Å². The zero-order chi connectivity index (χ0) is 14.6. The highest BCUT2D eigenvalue weighted by Crippen LogP contribution is 2.33. The van der Waals surface area contributed by atoms with E-state index in [9.17, 15) is 0 Å². The van der Waals surface area contributed by atoms with Crippen LogP contribution in [0, 0.1) is 5.92 Å². The van der Waals surface area contributed by atoms with Gasteiger partial charge in [0.2, 0.25) is 0 Å². The van der Waals surface area contributed by atoms with Gasteiger partial charge in [-0.3, -0.25) is 0 Å². The van der Waals surface area contributed by atoms with Gasteiger partial charge in [0.25, 0.3) is 0 Å². The first-order valence-corrected chi connectivity index (χ1v) is 17.5. The molecule has 112 valence electrons. The fourth-order valence-electron chi connectivity index (χ4n) is 3.51. The van der Waals surface area contributed by atoms with Gasteiger partial charge in [-0.05, 0) is 22.9 Å². The Bertz CT molecular complexity index is 427. The summed E-state index contributed by atoms with van der Waals surface area (Å²) in [5, 5.41) is 1.81. The average molecular weight is 323 g/mol. The largest absolute Gasteiger partial charge is 0.428 e. The molecule has 1 aliphatic heterocycles. The first-order chi connectivity index (χ1) is 9.57. The normalized spacial score (nSPS) is 24.1. The summed E-state index contributed by atoms with van der Waals surface area (Å²) in [5.41, 5.74) is 2.01. The Hall–Kier alpha value is -0.169. The fourth-order valence-corrected chi connectivity index (χ4v) is 22.1. The summed E-state index contributed by atoms with van der Waals surface area (Å²) >= 11 is 0. The average Bonchev–Trinajstić information content (AvgIpc) is 2.48. The minimum Gasteiger partial charge on any atom is -0.428 e. The lowest BCUT2D eigenvalue weighted by molar-refractivity contribution is 0.323. The maximum Gasteiger partial charge on any atom is 0.141 e. The summed E-state index contributed by atoms with van der Waals surface area (Å²) in [7, 11) is -0.516. The molecule has 20 heavy (non-hydrogen) atoms. The lowest BCUT2D eigenvalue weighted by Crippen LogP contribution is -2.48. The van der Waals surface area contributed by atoms with Crippen molar-refractivity contribution >= 4 is 31.3 Å². The Morgan fingerprint density at radius 3 is 2.75 bits per heavy atom. The predicted molar refractivity (Wildman–Crippen MR) is 98.2 cm³/mol. The van der Waals surface area contributed by atoms with E-state index in [0.717, 1.165) is 12.5 Å². The summed E-state index contributed by atoms with van der Waals surface area (Å²) in [4.78, 5) is 0. The van der Waals surface area contributed by atoms with Gasteiger partial charge in [0.1, 0.15) is 9.28 Å². The summed E-state index contributed by atoms with van der Waals surface area (Å²) < 4.78 is 5.77. The highest BCUT2D eigenvalue weighted by molar-refractivity contribution is 7.39. The van der Waals surface area contributed by atoms with Gasteiger partial charge in [0.15, 0.2) is 0 Å². The van der Waals surface area contributed by atoms with E-state index >= 15 is 0 Å². The molecule has 1 aromatic rings. The van der Waals surface area contributed by atoms with E-state index < -0.39 is 8.31 Å². The molecule has 0 aliphatic carbocycles. The van der Waals surface area contributed by atoms with Crippen molar-refractivity contribution < 1.29 is 4.43 Å². The molecule has 0 radical (unpaired) electrons. The van der Waals surface area contributed by atoms with Crippen LogP contribution in [0.2, 0.25) is 6.04 Å². The SMILES string of the molecule is CCCC(C)C(C)(C)c1ccccc1[SiH]1CCO[SiH2][SiH2]1. The van der Waals surface area contributed by atoms with Crippen LogP contribution in [0.4, 0.5) is 0 Å². The molecule has 0 aromatic heterocycles. The molecule has 0 spiro atoms. The predicted octanol–water partition coefficient (Wildman–Crippen LogP) is 1.53. The first kappa shape index (κ1) is 16.2. The Labute approximate surface area is 130 Å². The smallest absolute Gasteiger partial charge is 0.141 e. The molecular formula is C16H30OSi3.